The van der Waals surface area contributed by atoms with Crippen LogP contribution in [0.15, 0.2) is 54.1 Å². The van der Waals surface area contributed by atoms with Crippen molar-refractivity contribution in [1.82, 2.24) is 43.8 Å². The van der Waals surface area contributed by atoms with Crippen molar-refractivity contribution >= 4 is 80.1 Å². The van der Waals surface area contributed by atoms with Gasteiger partial charge >= 0.3 is 10.3 Å². The highest BCUT2D eigenvalue weighted by Gasteiger charge is 2.52. The van der Waals surface area contributed by atoms with Gasteiger partial charge < -0.3 is 46.6 Å². The van der Waals surface area contributed by atoms with Crippen LogP contribution in [0.25, 0.3) is 22.3 Å². The zero-order valence-electron chi connectivity index (χ0n) is 27.5. The molecule has 21 nitrogen and oxygen atoms in total. The molecule has 286 valence electrons. The Labute approximate surface area is 313 Å². The number of aromatic amines is 1. The van der Waals surface area contributed by atoms with E-state index in [0.717, 1.165) is 6.33 Å². The van der Waals surface area contributed by atoms with Gasteiger partial charge in [-0.25, -0.2) is 28.5 Å². The SMILES string of the molecule is CO[C@@H]1[C@H]2OS(=O)(=O)NC[C@H]3O[C@@H](n4cnc5c(NC(=O)c6ccccc6)ncnc54)[C@H](F)[C@@H]3OP(=S)([S-])OC[C@H]1O[C@H]2n1cnc2c(=O)[nH]c(N)nc21. The molecule has 0 saturated carbocycles. The lowest BCUT2D eigenvalue weighted by atomic mass is 10.1. The maximum absolute atomic E-state index is 16.5. The van der Waals surface area contributed by atoms with E-state index in [1.807, 2.05) is 0 Å². The van der Waals surface area contributed by atoms with E-state index in [4.69, 9.17) is 57.2 Å². The van der Waals surface area contributed by atoms with Crippen molar-refractivity contribution in [2.24, 2.45) is 0 Å². The van der Waals surface area contributed by atoms with Gasteiger partial charge in [-0.3, -0.25) is 23.7 Å². The summed E-state index contributed by atoms with van der Waals surface area (Å²) in [6.45, 7) is -0.986. The van der Waals surface area contributed by atoms with Crippen molar-refractivity contribution in [2.45, 2.75) is 49.1 Å². The van der Waals surface area contributed by atoms with E-state index >= 15 is 4.39 Å². The average Bonchev–Trinajstić information content (AvgIpc) is 3.90. The third-order valence-corrected chi connectivity index (χ3v) is 11.9. The number of imidazole rings is 2. The molecule has 0 spiro atoms. The standard InChI is InChI=1S/C28H29FN11O10PS3/c1-45-19-14-8-46-51(52,53)49-18-13(7-35-54(43,44)50-20(19)27(48-14)40-11-34-17-23(40)37-28(30)38-25(17)42)47-26(15(18)29)39-10-33-16-21(31-9-32-22(16)39)36-24(41)12-5-3-2-4-6-12/h2-6,9-11,13-15,18-20,26-27,35H,7-8H2,1H3,(H,52,53)(H3,30,37,38,42)(H,31,32,36,41)/p-1/t13-,14-,15-,18-,19+,20-,26-,27-/m1/s1. The second-order valence-electron chi connectivity index (χ2n) is 12.1. The molecule has 54 heavy (non-hydrogen) atoms. The molecule has 3 aliphatic heterocycles. The number of H-pyrrole nitrogens is 1. The lowest BCUT2D eigenvalue weighted by Gasteiger charge is -2.34. The summed E-state index contributed by atoms with van der Waals surface area (Å²) < 4.78 is 83.6. The van der Waals surface area contributed by atoms with Crippen molar-refractivity contribution < 1.29 is 45.0 Å². The number of nitrogen functional groups attached to an aromatic ring is 1. The highest BCUT2D eigenvalue weighted by atomic mass is 32.9. The average molecular weight is 825 g/mol. The second kappa shape index (κ2) is 14.2. The van der Waals surface area contributed by atoms with E-state index in [1.54, 1.807) is 30.3 Å². The molecule has 4 aromatic heterocycles. The Bertz CT molecular complexity index is 2460. The number of fused-ring (bicyclic) bond motifs is 5. The Morgan fingerprint density at radius 3 is 2.56 bits per heavy atom. The Kier molecular flexibility index (Phi) is 9.75. The molecule has 5 aromatic rings. The lowest BCUT2D eigenvalue weighted by molar-refractivity contribution is -0.0497. The lowest BCUT2D eigenvalue weighted by Crippen LogP contribution is -2.44. The van der Waals surface area contributed by atoms with Crippen LogP contribution < -0.4 is 21.3 Å². The number of halogens is 1. The van der Waals surface area contributed by atoms with Gasteiger partial charge in [0.1, 0.15) is 30.7 Å². The zero-order chi connectivity index (χ0) is 37.9. The van der Waals surface area contributed by atoms with Gasteiger partial charge in [0.05, 0.1) is 25.0 Å². The number of rotatable bonds is 5. The van der Waals surface area contributed by atoms with Crippen LogP contribution in [0.5, 0.6) is 0 Å². The van der Waals surface area contributed by atoms with E-state index in [1.165, 1.54) is 28.9 Å². The van der Waals surface area contributed by atoms with E-state index < -0.39 is 89.8 Å². The predicted octanol–water partition coefficient (Wildman–Crippen LogP) is 0.348. The zero-order valence-corrected chi connectivity index (χ0v) is 30.8. The minimum absolute atomic E-state index is 0.0281. The van der Waals surface area contributed by atoms with Gasteiger partial charge in [-0.15, -0.1) is 0 Å². The molecule has 1 amide bonds. The number of ether oxygens (including phenoxy) is 3. The van der Waals surface area contributed by atoms with Gasteiger partial charge in [0, 0.05) is 19.2 Å². The number of carbonyl (C=O) groups is 1. The Hall–Kier alpha value is -4.01. The number of nitrogens with two attached hydrogens (primary N) is 1. The summed E-state index contributed by atoms with van der Waals surface area (Å²) in [5.41, 5.74) is 1.82. The minimum Gasteiger partial charge on any atom is -0.691 e. The fourth-order valence-electron chi connectivity index (χ4n) is 6.40. The van der Waals surface area contributed by atoms with E-state index in [2.05, 4.69) is 39.9 Å². The molecular weight excluding hydrogens is 797 g/mol. The molecule has 26 heteroatoms. The minimum atomic E-state index is -4.70. The third-order valence-electron chi connectivity index (χ3n) is 8.80. The maximum atomic E-state index is 16.5. The van der Waals surface area contributed by atoms with Gasteiger partial charge in [0.25, 0.3) is 11.5 Å². The van der Waals surface area contributed by atoms with Gasteiger partial charge in [0.2, 0.25) is 5.95 Å². The summed E-state index contributed by atoms with van der Waals surface area (Å²) in [6.07, 6.45) is -7.74. The normalized spacial score (nSPS) is 31.4. The highest BCUT2D eigenvalue weighted by molar-refractivity contribution is 8.51. The van der Waals surface area contributed by atoms with E-state index in [9.17, 15) is 18.0 Å². The summed E-state index contributed by atoms with van der Waals surface area (Å²) in [7, 11) is -3.41. The fourth-order valence-corrected chi connectivity index (χ4v) is 9.23. The van der Waals surface area contributed by atoms with Gasteiger partial charge in [-0.1, -0.05) is 30.0 Å². The van der Waals surface area contributed by atoms with Crippen LogP contribution in [-0.2, 0) is 61.8 Å². The summed E-state index contributed by atoms with van der Waals surface area (Å²) >= 11 is 11.0. The van der Waals surface area contributed by atoms with Crippen LogP contribution in [0.4, 0.5) is 16.2 Å². The number of carbonyl (C=O) groups excluding carboxylic acids is 1. The molecule has 0 aliphatic carbocycles. The first kappa shape index (κ1) is 36.9. The quantitative estimate of drug-likeness (QED) is 0.138. The summed E-state index contributed by atoms with van der Waals surface area (Å²) in [6, 6.07) is 8.39. The molecule has 3 aliphatic rings. The van der Waals surface area contributed by atoms with Gasteiger partial charge in [-0.2, -0.15) is 18.1 Å². The van der Waals surface area contributed by atoms with Crippen LogP contribution in [0.2, 0.25) is 0 Å². The molecule has 8 rings (SSSR count). The highest BCUT2D eigenvalue weighted by Crippen LogP contribution is 2.52. The number of nitrogens with one attached hydrogen (secondary N) is 3. The van der Waals surface area contributed by atoms with Crippen LogP contribution in [0.1, 0.15) is 22.8 Å². The van der Waals surface area contributed by atoms with Crippen LogP contribution >= 0.6 is 5.69 Å². The van der Waals surface area contributed by atoms with Gasteiger partial charge in [0.15, 0.2) is 52.9 Å². The molecule has 3 fully saturated rings. The Balaban J connectivity index is 1.08. The second-order valence-corrected chi connectivity index (χ2v) is 18.4. The van der Waals surface area contributed by atoms with Crippen molar-refractivity contribution in [1.29, 1.82) is 0 Å². The first-order chi connectivity index (χ1) is 25.8. The van der Waals surface area contributed by atoms with Crippen LogP contribution in [0, 0.1) is 0 Å². The Morgan fingerprint density at radius 1 is 1.07 bits per heavy atom. The third kappa shape index (κ3) is 6.89. The summed E-state index contributed by atoms with van der Waals surface area (Å²) in [4.78, 5) is 48.5. The van der Waals surface area contributed by atoms with Crippen LogP contribution in [-0.4, -0.2) is 110 Å². The van der Waals surface area contributed by atoms with Crippen molar-refractivity contribution in [3.63, 3.8) is 0 Å². The van der Waals surface area contributed by atoms with Crippen LogP contribution in [0.3, 0.4) is 0 Å². The molecule has 2 bridgehead atoms. The number of aromatic nitrogens is 8. The topological polar surface area (TPSA) is 264 Å². The molecule has 5 N–H and O–H groups in total. The smallest absolute Gasteiger partial charge is 0.336 e. The number of benzene rings is 1. The number of alkyl halides is 1. The first-order valence-corrected chi connectivity index (χ1v) is 20.9. The number of anilines is 2. The van der Waals surface area contributed by atoms with Crippen molar-refractivity contribution in [3.8, 4) is 0 Å². The number of amides is 1. The molecular formula is C28H28FN11O10PS3-. The first-order valence-electron chi connectivity index (χ1n) is 15.9. The summed E-state index contributed by atoms with van der Waals surface area (Å²) in [5, 5.41) is 2.67. The maximum Gasteiger partial charge on any atom is 0.336 e. The number of hydrogen-bond donors (Lipinski definition) is 4. The van der Waals surface area contributed by atoms with Gasteiger partial charge in [-0.05, 0) is 12.1 Å². The molecule has 3 saturated heterocycles. The number of nitrogens with zero attached hydrogens (tertiary/aromatic N) is 7. The molecule has 9 atom stereocenters. The molecule has 1 unspecified atom stereocenters. The fraction of sp³-hybridized carbons (Fsp3) is 0.393. The van der Waals surface area contributed by atoms with Crippen molar-refractivity contribution in [2.75, 3.05) is 31.3 Å². The Morgan fingerprint density at radius 2 is 1.80 bits per heavy atom. The molecule has 7 heterocycles. The molecule has 0 radical (unpaired) electrons. The van der Waals surface area contributed by atoms with E-state index in [-0.39, 0.29) is 34.1 Å². The van der Waals surface area contributed by atoms with Crippen molar-refractivity contribution in [3.05, 3.63) is 65.2 Å². The number of methoxy groups -OCH3 is 1. The summed E-state index contributed by atoms with van der Waals surface area (Å²) in [5.74, 6) is -0.635. The predicted molar refractivity (Wildman–Crippen MR) is 190 cm³/mol. The number of hydrogen-bond acceptors (Lipinski definition) is 18. The monoisotopic (exact) mass is 824 g/mol. The largest absolute Gasteiger partial charge is 0.691 e. The van der Waals surface area contributed by atoms with E-state index in [0.29, 0.717) is 5.56 Å². The molecule has 1 aromatic carbocycles.